The molecule has 3 nitrogen and oxygen atoms in total. The predicted octanol–water partition coefficient (Wildman–Crippen LogP) is 7.35. The van der Waals surface area contributed by atoms with Crippen molar-refractivity contribution in [2.75, 3.05) is 0 Å². The monoisotopic (exact) mass is 510 g/mol. The van der Waals surface area contributed by atoms with Gasteiger partial charge in [-0.25, -0.2) is 8.42 Å². The second-order valence-electron chi connectivity index (χ2n) is 8.09. The van der Waals surface area contributed by atoms with E-state index in [1.807, 2.05) is 6.92 Å². The number of rotatable bonds is 5. The largest absolute Gasteiger partial charge is 0.744 e. The van der Waals surface area contributed by atoms with Crippen molar-refractivity contribution in [3.63, 3.8) is 0 Å². The highest BCUT2D eigenvalue weighted by atomic mass is 32.2. The van der Waals surface area contributed by atoms with E-state index in [1.165, 1.54) is 37.9 Å². The molecule has 5 rings (SSSR count). The molecule has 0 N–H and O–H groups in total. The predicted molar refractivity (Wildman–Crippen MR) is 146 cm³/mol. The van der Waals surface area contributed by atoms with E-state index < -0.39 is 10.1 Å². The van der Waals surface area contributed by atoms with Crippen LogP contribution in [0.1, 0.15) is 5.56 Å². The molecule has 0 unspecified atom stereocenters. The second kappa shape index (κ2) is 11.9. The molecule has 0 spiro atoms. The fourth-order valence-electron chi connectivity index (χ4n) is 3.64. The van der Waals surface area contributed by atoms with Gasteiger partial charge >= 0.3 is 0 Å². The first-order chi connectivity index (χ1) is 17.4. The van der Waals surface area contributed by atoms with Gasteiger partial charge in [0.15, 0.2) is 14.7 Å². The summed E-state index contributed by atoms with van der Waals surface area (Å²) in [5.41, 5.74) is 3.44. The van der Waals surface area contributed by atoms with Crippen molar-refractivity contribution in [2.24, 2.45) is 0 Å². The third-order valence-electron chi connectivity index (χ3n) is 5.46. The fourth-order valence-corrected chi connectivity index (χ4v) is 6.19. The first-order valence-electron chi connectivity index (χ1n) is 11.4. The summed E-state index contributed by atoms with van der Waals surface area (Å²) in [7, 11) is -4.35. The lowest BCUT2D eigenvalue weighted by Crippen LogP contribution is -2.04. The van der Waals surface area contributed by atoms with Crippen molar-refractivity contribution in [3.8, 4) is 11.1 Å². The van der Waals surface area contributed by atoms with Gasteiger partial charge in [0.05, 0.1) is 15.8 Å². The zero-order chi connectivity index (χ0) is 25.4. The molecule has 0 aliphatic heterocycles. The quantitative estimate of drug-likeness (QED) is 0.183. The van der Waals surface area contributed by atoms with Crippen molar-refractivity contribution in [1.82, 2.24) is 0 Å². The van der Waals surface area contributed by atoms with Crippen LogP contribution in [0.3, 0.4) is 0 Å². The average Bonchev–Trinajstić information content (AvgIpc) is 2.91. The molecule has 0 aliphatic carbocycles. The third kappa shape index (κ3) is 6.73. The topological polar surface area (TPSA) is 57.2 Å². The van der Waals surface area contributed by atoms with E-state index in [2.05, 4.69) is 115 Å². The van der Waals surface area contributed by atoms with Gasteiger partial charge in [-0.1, -0.05) is 84.4 Å². The first kappa shape index (κ1) is 25.5. The zero-order valence-electron chi connectivity index (χ0n) is 19.8. The number of aryl methyl sites for hydroxylation is 1. The lowest BCUT2D eigenvalue weighted by Gasteiger charge is -2.09. The normalized spacial score (nSPS) is 11.0. The molecule has 5 heteroatoms. The van der Waals surface area contributed by atoms with Crippen LogP contribution in [0.15, 0.2) is 159 Å². The Morgan fingerprint density at radius 1 is 0.500 bits per heavy atom. The molecule has 0 saturated carbocycles. The molecular weight excluding hydrogens is 484 g/mol. The van der Waals surface area contributed by atoms with Gasteiger partial charge in [-0.15, -0.1) is 0 Å². The van der Waals surface area contributed by atoms with Gasteiger partial charge in [0.1, 0.15) is 10.1 Å². The summed E-state index contributed by atoms with van der Waals surface area (Å²) in [5, 5.41) is 0. The Morgan fingerprint density at radius 3 is 1.33 bits per heavy atom. The van der Waals surface area contributed by atoms with Crippen molar-refractivity contribution >= 4 is 21.0 Å². The van der Waals surface area contributed by atoms with Gasteiger partial charge in [-0.3, -0.25) is 0 Å². The minimum Gasteiger partial charge on any atom is -0.744 e. The number of benzene rings is 5. The maximum absolute atomic E-state index is 10.4. The molecule has 0 heterocycles. The minimum absolute atomic E-state index is 0.0793. The smallest absolute Gasteiger partial charge is 0.166 e. The van der Waals surface area contributed by atoms with Gasteiger partial charge < -0.3 is 4.55 Å². The molecular formula is C31H26O3S2. The molecule has 0 fully saturated rings. The molecule has 0 aromatic heterocycles. The average molecular weight is 511 g/mol. The van der Waals surface area contributed by atoms with Crippen LogP contribution in [0.4, 0.5) is 0 Å². The van der Waals surface area contributed by atoms with E-state index in [-0.39, 0.29) is 15.8 Å². The summed E-state index contributed by atoms with van der Waals surface area (Å²) < 4.78 is 31.2. The molecule has 5 aromatic carbocycles. The maximum atomic E-state index is 10.4. The van der Waals surface area contributed by atoms with Crippen LogP contribution in [0, 0.1) is 6.92 Å². The van der Waals surface area contributed by atoms with E-state index in [4.69, 9.17) is 0 Å². The van der Waals surface area contributed by atoms with Crippen molar-refractivity contribution in [3.05, 3.63) is 145 Å². The molecule has 0 bridgehead atoms. The lowest BCUT2D eigenvalue weighted by molar-refractivity contribution is 0.463. The Bertz CT molecular complexity index is 1430. The summed E-state index contributed by atoms with van der Waals surface area (Å²) in [4.78, 5) is 3.86. The van der Waals surface area contributed by atoms with E-state index in [1.54, 1.807) is 12.1 Å². The Morgan fingerprint density at radius 2 is 0.889 bits per heavy atom. The van der Waals surface area contributed by atoms with E-state index in [9.17, 15) is 13.0 Å². The van der Waals surface area contributed by atoms with E-state index in [0.717, 1.165) is 5.56 Å². The van der Waals surface area contributed by atoms with Crippen molar-refractivity contribution in [1.29, 1.82) is 0 Å². The van der Waals surface area contributed by atoms with Crippen LogP contribution in [0.5, 0.6) is 0 Å². The Balaban J connectivity index is 0.000000233. The summed E-state index contributed by atoms with van der Waals surface area (Å²) in [5.74, 6) is 0. The highest BCUT2D eigenvalue weighted by molar-refractivity contribution is 7.97. The molecule has 0 aliphatic rings. The van der Waals surface area contributed by atoms with Crippen LogP contribution in [-0.4, -0.2) is 13.0 Å². The molecule has 5 aromatic rings. The SMILES string of the molecule is Cc1ccc(S(=O)(=O)[O-])cc1.c1ccc(-c2ccc([S+](c3ccccc3)c3ccccc3)cc2)cc1. The van der Waals surface area contributed by atoms with Crippen LogP contribution in [0.25, 0.3) is 11.1 Å². The Kier molecular flexibility index (Phi) is 8.39. The molecule has 0 atom stereocenters. The summed E-state index contributed by atoms with van der Waals surface area (Å²) in [6.07, 6.45) is 0. The number of hydrogen-bond donors (Lipinski definition) is 0. The Hall–Kier alpha value is -3.64. The van der Waals surface area contributed by atoms with Gasteiger partial charge in [0.2, 0.25) is 0 Å². The molecule has 0 saturated heterocycles. The Labute approximate surface area is 216 Å². The zero-order valence-corrected chi connectivity index (χ0v) is 21.5. The van der Waals surface area contributed by atoms with E-state index in [0.29, 0.717) is 0 Å². The summed E-state index contributed by atoms with van der Waals surface area (Å²) >= 11 is 0. The molecule has 36 heavy (non-hydrogen) atoms. The third-order valence-corrected chi connectivity index (χ3v) is 8.54. The van der Waals surface area contributed by atoms with Gasteiger partial charge in [-0.2, -0.15) is 0 Å². The van der Waals surface area contributed by atoms with Gasteiger partial charge in [0, 0.05) is 0 Å². The van der Waals surface area contributed by atoms with Crippen molar-refractivity contribution in [2.45, 2.75) is 26.5 Å². The highest BCUT2D eigenvalue weighted by Crippen LogP contribution is 2.32. The van der Waals surface area contributed by atoms with Crippen molar-refractivity contribution < 1.29 is 13.0 Å². The van der Waals surface area contributed by atoms with E-state index >= 15 is 0 Å². The van der Waals surface area contributed by atoms with Crippen LogP contribution < -0.4 is 0 Å². The second-order valence-corrected chi connectivity index (χ2v) is 11.5. The van der Waals surface area contributed by atoms with Gasteiger partial charge in [0.25, 0.3) is 0 Å². The number of hydrogen-bond acceptors (Lipinski definition) is 3. The summed E-state index contributed by atoms with van der Waals surface area (Å²) in [6, 6.07) is 46.9. The van der Waals surface area contributed by atoms with Gasteiger partial charge in [-0.05, 0) is 78.7 Å². The molecule has 180 valence electrons. The lowest BCUT2D eigenvalue weighted by atomic mass is 10.1. The standard InChI is InChI=1S/C24H19S.C7H8O3S/c1-4-10-20(11-5-1)21-16-18-24(19-17-21)25(22-12-6-2-7-13-22)23-14-8-3-9-15-23;1-6-2-4-7(5-3-6)11(8,9)10/h1-19H;2-5H,1H3,(H,8,9,10)/q+1;/p-1. The maximum Gasteiger partial charge on any atom is 0.166 e. The molecule has 0 radical (unpaired) electrons. The summed E-state index contributed by atoms with van der Waals surface area (Å²) in [6.45, 7) is 1.82. The fraction of sp³-hybridized carbons (Fsp3) is 0.0323. The highest BCUT2D eigenvalue weighted by Gasteiger charge is 2.28. The van der Waals surface area contributed by atoms with Crippen LogP contribution in [-0.2, 0) is 21.0 Å². The minimum atomic E-state index is -4.27. The van der Waals surface area contributed by atoms with Crippen LogP contribution in [0.2, 0.25) is 0 Å². The first-order valence-corrected chi connectivity index (χ1v) is 14.1. The molecule has 0 amide bonds. The van der Waals surface area contributed by atoms with Crippen LogP contribution >= 0.6 is 0 Å².